The Labute approximate surface area is 126 Å². The van der Waals surface area contributed by atoms with E-state index in [4.69, 9.17) is 10.7 Å². The normalized spacial score (nSPS) is 19.8. The number of aromatic nitrogens is 1. The van der Waals surface area contributed by atoms with Crippen molar-refractivity contribution in [2.24, 2.45) is 11.7 Å². The van der Waals surface area contributed by atoms with Gasteiger partial charge in [0.15, 0.2) is 0 Å². The largest absolute Gasteiger partial charge is 0.365 e. The summed E-state index contributed by atoms with van der Waals surface area (Å²) >= 11 is 0. The molecule has 0 spiro atoms. The molecule has 2 aliphatic rings. The van der Waals surface area contributed by atoms with Crippen LogP contribution >= 0.6 is 0 Å². The number of nitrogens with two attached hydrogens (primary N) is 1. The van der Waals surface area contributed by atoms with Crippen molar-refractivity contribution in [3.05, 3.63) is 22.9 Å². The SMILES string of the molecule is N#Cc1cc2c(nc1NC(CN)C1CCCCC1)CCC2. The van der Waals surface area contributed by atoms with Crippen LogP contribution in [0.3, 0.4) is 0 Å². The van der Waals surface area contributed by atoms with Crippen LogP contribution in [0.5, 0.6) is 0 Å². The van der Waals surface area contributed by atoms with Crippen molar-refractivity contribution >= 4 is 5.82 Å². The van der Waals surface area contributed by atoms with Gasteiger partial charge in [-0.3, -0.25) is 0 Å². The van der Waals surface area contributed by atoms with E-state index in [2.05, 4.69) is 11.4 Å². The Balaban J connectivity index is 1.81. The minimum absolute atomic E-state index is 0.240. The van der Waals surface area contributed by atoms with Crippen molar-refractivity contribution in [2.75, 3.05) is 11.9 Å². The maximum absolute atomic E-state index is 9.38. The van der Waals surface area contributed by atoms with Crippen molar-refractivity contribution < 1.29 is 0 Å². The Hall–Kier alpha value is -1.60. The van der Waals surface area contributed by atoms with E-state index in [1.54, 1.807) is 0 Å². The summed E-state index contributed by atoms with van der Waals surface area (Å²) in [5.74, 6) is 1.37. The smallest absolute Gasteiger partial charge is 0.144 e. The molecule has 0 bridgehead atoms. The fourth-order valence-electron chi connectivity index (χ4n) is 3.75. The van der Waals surface area contributed by atoms with E-state index in [1.807, 2.05) is 6.07 Å². The van der Waals surface area contributed by atoms with Crippen LogP contribution in [0.4, 0.5) is 5.82 Å². The zero-order chi connectivity index (χ0) is 14.7. The molecule has 1 unspecified atom stereocenters. The van der Waals surface area contributed by atoms with E-state index in [0.29, 0.717) is 18.0 Å². The topological polar surface area (TPSA) is 74.7 Å². The average Bonchev–Trinajstić information content (AvgIpc) is 2.99. The summed E-state index contributed by atoms with van der Waals surface area (Å²) in [5, 5.41) is 12.9. The molecule has 21 heavy (non-hydrogen) atoms. The van der Waals surface area contributed by atoms with E-state index in [1.165, 1.54) is 37.7 Å². The van der Waals surface area contributed by atoms with Crippen LogP contribution in [-0.2, 0) is 12.8 Å². The molecule has 4 nitrogen and oxygen atoms in total. The molecular weight excluding hydrogens is 260 g/mol. The Kier molecular flexibility index (Phi) is 4.40. The molecule has 1 aromatic rings. The standard InChI is InChI=1S/C17H24N4/c18-10-14-9-13-7-4-8-15(13)20-17(14)21-16(11-19)12-5-2-1-3-6-12/h9,12,16H,1-8,11,19H2,(H,20,21). The summed E-state index contributed by atoms with van der Waals surface area (Å²) in [6.45, 7) is 0.605. The quantitative estimate of drug-likeness (QED) is 0.891. The highest BCUT2D eigenvalue weighted by molar-refractivity contribution is 5.55. The van der Waals surface area contributed by atoms with Crippen molar-refractivity contribution in [3.63, 3.8) is 0 Å². The minimum Gasteiger partial charge on any atom is -0.365 e. The molecule has 3 rings (SSSR count). The molecule has 0 aliphatic heterocycles. The molecule has 1 aromatic heterocycles. The van der Waals surface area contributed by atoms with Gasteiger partial charge in [0.05, 0.1) is 5.56 Å². The van der Waals surface area contributed by atoms with Gasteiger partial charge in [0.2, 0.25) is 0 Å². The van der Waals surface area contributed by atoms with Crippen molar-refractivity contribution in [1.29, 1.82) is 5.26 Å². The van der Waals surface area contributed by atoms with Crippen LogP contribution in [0.2, 0.25) is 0 Å². The second-order valence-corrected chi connectivity index (χ2v) is 6.34. The first-order valence-electron chi connectivity index (χ1n) is 8.21. The van der Waals surface area contributed by atoms with Gasteiger partial charge in [0.1, 0.15) is 11.9 Å². The first-order valence-corrected chi connectivity index (χ1v) is 8.21. The fraction of sp³-hybridized carbons (Fsp3) is 0.647. The number of nitrogens with one attached hydrogen (secondary N) is 1. The summed E-state index contributed by atoms with van der Waals surface area (Å²) in [4.78, 5) is 4.72. The number of nitriles is 1. The molecule has 0 radical (unpaired) electrons. The van der Waals surface area contributed by atoms with E-state index in [0.717, 1.165) is 30.8 Å². The number of fused-ring (bicyclic) bond motifs is 1. The molecule has 0 amide bonds. The minimum atomic E-state index is 0.240. The molecular formula is C17H24N4. The lowest BCUT2D eigenvalue weighted by molar-refractivity contribution is 0.320. The summed E-state index contributed by atoms with van der Waals surface area (Å²) in [7, 11) is 0. The van der Waals surface area contributed by atoms with Gasteiger partial charge in [-0.15, -0.1) is 0 Å². The summed E-state index contributed by atoms with van der Waals surface area (Å²) in [6.07, 6.45) is 9.65. The maximum Gasteiger partial charge on any atom is 0.144 e. The van der Waals surface area contributed by atoms with E-state index >= 15 is 0 Å². The van der Waals surface area contributed by atoms with Gasteiger partial charge in [-0.2, -0.15) is 5.26 Å². The number of rotatable bonds is 4. The highest BCUT2D eigenvalue weighted by atomic mass is 15.0. The van der Waals surface area contributed by atoms with Crippen LogP contribution in [-0.4, -0.2) is 17.6 Å². The van der Waals surface area contributed by atoms with Crippen LogP contribution in [0.1, 0.15) is 55.3 Å². The molecule has 0 saturated heterocycles. The lowest BCUT2D eigenvalue weighted by Gasteiger charge is -2.30. The van der Waals surface area contributed by atoms with Gasteiger partial charge in [-0.05, 0) is 49.7 Å². The summed E-state index contributed by atoms with van der Waals surface area (Å²) in [6, 6.07) is 4.55. The molecule has 1 atom stereocenters. The van der Waals surface area contributed by atoms with Gasteiger partial charge < -0.3 is 11.1 Å². The lowest BCUT2D eigenvalue weighted by atomic mass is 9.84. The molecule has 1 fully saturated rings. The summed E-state index contributed by atoms with van der Waals surface area (Å²) < 4.78 is 0. The Morgan fingerprint density at radius 1 is 1.29 bits per heavy atom. The molecule has 2 aliphatic carbocycles. The third-order valence-corrected chi connectivity index (χ3v) is 4.97. The van der Waals surface area contributed by atoms with E-state index in [9.17, 15) is 5.26 Å². The number of hydrogen-bond donors (Lipinski definition) is 2. The number of hydrogen-bond acceptors (Lipinski definition) is 4. The monoisotopic (exact) mass is 284 g/mol. The first-order chi connectivity index (χ1) is 10.3. The highest BCUT2D eigenvalue weighted by Crippen LogP contribution is 2.30. The van der Waals surface area contributed by atoms with Crippen molar-refractivity contribution in [1.82, 2.24) is 4.98 Å². The van der Waals surface area contributed by atoms with Crippen LogP contribution < -0.4 is 11.1 Å². The highest BCUT2D eigenvalue weighted by Gasteiger charge is 2.24. The number of nitrogens with zero attached hydrogens (tertiary/aromatic N) is 2. The third-order valence-electron chi connectivity index (χ3n) is 4.97. The second kappa shape index (κ2) is 6.44. The van der Waals surface area contributed by atoms with Crippen LogP contribution in [0, 0.1) is 17.2 Å². The fourth-order valence-corrected chi connectivity index (χ4v) is 3.75. The molecule has 1 heterocycles. The molecule has 1 saturated carbocycles. The van der Waals surface area contributed by atoms with Crippen LogP contribution in [0.15, 0.2) is 6.07 Å². The lowest BCUT2D eigenvalue weighted by Crippen LogP contribution is -2.38. The Morgan fingerprint density at radius 2 is 2.10 bits per heavy atom. The summed E-state index contributed by atoms with van der Waals surface area (Å²) in [5.41, 5.74) is 9.07. The Bertz CT molecular complexity index is 540. The van der Waals surface area contributed by atoms with Gasteiger partial charge in [-0.25, -0.2) is 4.98 Å². The molecule has 0 aromatic carbocycles. The van der Waals surface area contributed by atoms with Crippen molar-refractivity contribution in [2.45, 2.75) is 57.4 Å². The predicted molar refractivity (Wildman–Crippen MR) is 84.0 cm³/mol. The van der Waals surface area contributed by atoms with Gasteiger partial charge in [-0.1, -0.05) is 19.3 Å². The number of anilines is 1. The van der Waals surface area contributed by atoms with Gasteiger partial charge in [0.25, 0.3) is 0 Å². The van der Waals surface area contributed by atoms with Crippen molar-refractivity contribution in [3.8, 4) is 6.07 Å². The molecule has 4 heteroatoms. The Morgan fingerprint density at radius 3 is 2.81 bits per heavy atom. The molecule has 3 N–H and O–H groups in total. The van der Waals surface area contributed by atoms with E-state index in [-0.39, 0.29) is 6.04 Å². The first kappa shape index (κ1) is 14.3. The number of aryl methyl sites for hydroxylation is 2. The van der Waals surface area contributed by atoms with Gasteiger partial charge >= 0.3 is 0 Å². The van der Waals surface area contributed by atoms with E-state index < -0.39 is 0 Å². The number of pyridine rings is 1. The third kappa shape index (κ3) is 3.03. The zero-order valence-electron chi connectivity index (χ0n) is 12.6. The maximum atomic E-state index is 9.38. The van der Waals surface area contributed by atoms with Crippen LogP contribution in [0.25, 0.3) is 0 Å². The second-order valence-electron chi connectivity index (χ2n) is 6.34. The zero-order valence-corrected chi connectivity index (χ0v) is 12.6. The predicted octanol–water partition coefficient (Wildman–Crippen LogP) is 2.76. The van der Waals surface area contributed by atoms with Gasteiger partial charge in [0, 0.05) is 18.3 Å². The molecule has 112 valence electrons. The average molecular weight is 284 g/mol.